The van der Waals surface area contributed by atoms with Gasteiger partial charge in [0.2, 0.25) is 0 Å². The molecule has 0 aliphatic carbocycles. The number of allylic oxidation sites excluding steroid dienone is 2. The number of nitrogens with one attached hydrogen (secondary N) is 2. The fourth-order valence-electron chi connectivity index (χ4n) is 2.53. The molecule has 2 aliphatic rings. The lowest BCUT2D eigenvalue weighted by Gasteiger charge is -2.40. The minimum Gasteiger partial charge on any atom is -0.378 e. The van der Waals surface area contributed by atoms with Gasteiger partial charge in [-0.3, -0.25) is 10.4 Å². The van der Waals surface area contributed by atoms with Crippen molar-refractivity contribution in [1.82, 2.24) is 15.8 Å². The summed E-state index contributed by atoms with van der Waals surface area (Å²) >= 11 is 3.32. The fraction of sp³-hybridized carbons (Fsp3) is 0.286. The van der Waals surface area contributed by atoms with Crippen LogP contribution in [0.3, 0.4) is 0 Å². The lowest BCUT2D eigenvalue weighted by atomic mass is 9.90. The van der Waals surface area contributed by atoms with Crippen LogP contribution in [0.5, 0.6) is 0 Å². The number of alkyl halides is 2. The second-order valence-corrected chi connectivity index (χ2v) is 6.18. The number of fused-ring (bicyclic) bond motifs is 1. The zero-order chi connectivity index (χ0) is 15.2. The molecule has 3 rings (SSSR count). The summed E-state index contributed by atoms with van der Waals surface area (Å²) in [5.41, 5.74) is 2.86. The molecule has 0 bridgehead atoms. The number of hydrogen-bond donors (Lipinski definition) is 2. The van der Waals surface area contributed by atoms with Crippen LogP contribution in [-0.2, 0) is 5.54 Å². The molecule has 7 heteroatoms. The van der Waals surface area contributed by atoms with Gasteiger partial charge in [0.25, 0.3) is 6.43 Å². The van der Waals surface area contributed by atoms with Gasteiger partial charge in [-0.2, -0.15) is 0 Å². The Hall–Kier alpha value is -1.63. The quantitative estimate of drug-likeness (QED) is 0.848. The van der Waals surface area contributed by atoms with Gasteiger partial charge >= 0.3 is 0 Å². The summed E-state index contributed by atoms with van der Waals surface area (Å²) < 4.78 is 40.3. The van der Waals surface area contributed by atoms with E-state index < -0.39 is 12.0 Å². The third kappa shape index (κ3) is 2.50. The molecular weight excluding hydrogens is 347 g/mol. The first kappa shape index (κ1) is 14.3. The van der Waals surface area contributed by atoms with Gasteiger partial charge in [0.05, 0.1) is 23.5 Å². The molecule has 0 spiro atoms. The first-order chi connectivity index (χ1) is 9.89. The summed E-state index contributed by atoms with van der Waals surface area (Å²) in [7, 11) is 0. The minimum absolute atomic E-state index is 0.151. The molecule has 1 atom stereocenters. The van der Waals surface area contributed by atoms with Crippen molar-refractivity contribution in [3.05, 3.63) is 57.7 Å². The number of benzene rings is 1. The van der Waals surface area contributed by atoms with Crippen molar-refractivity contribution in [3.8, 4) is 0 Å². The van der Waals surface area contributed by atoms with Crippen molar-refractivity contribution < 1.29 is 13.2 Å². The number of rotatable bonds is 2. The highest BCUT2D eigenvalue weighted by Crippen LogP contribution is 2.33. The van der Waals surface area contributed by atoms with Crippen LogP contribution in [0.1, 0.15) is 12.5 Å². The van der Waals surface area contributed by atoms with E-state index in [0.29, 0.717) is 17.8 Å². The van der Waals surface area contributed by atoms with E-state index in [2.05, 4.69) is 26.7 Å². The van der Waals surface area contributed by atoms with E-state index >= 15 is 0 Å². The molecule has 3 nitrogen and oxygen atoms in total. The van der Waals surface area contributed by atoms with E-state index in [-0.39, 0.29) is 11.5 Å². The summed E-state index contributed by atoms with van der Waals surface area (Å²) in [4.78, 5) is 0. The normalized spacial score (nSPS) is 24.2. The van der Waals surface area contributed by atoms with Crippen molar-refractivity contribution in [2.45, 2.75) is 18.9 Å². The SMILES string of the molecule is C[C@@]1(c2cc(Br)ccc2F)CN2NC(C(F)F)=CC2=CN1. The molecule has 1 aromatic carbocycles. The Bertz CT molecular complexity index is 644. The molecule has 0 fully saturated rings. The van der Waals surface area contributed by atoms with E-state index in [9.17, 15) is 13.2 Å². The molecular formula is C14H13BrF3N3. The minimum atomic E-state index is -2.56. The molecule has 0 saturated heterocycles. The zero-order valence-corrected chi connectivity index (χ0v) is 12.7. The number of hydrogen-bond acceptors (Lipinski definition) is 3. The Labute approximate surface area is 128 Å². The number of halogens is 4. The molecule has 1 aromatic rings. The van der Waals surface area contributed by atoms with Crippen LogP contribution >= 0.6 is 15.9 Å². The van der Waals surface area contributed by atoms with Gasteiger partial charge in [-0.25, -0.2) is 13.2 Å². The maximum atomic E-state index is 14.1. The van der Waals surface area contributed by atoms with Gasteiger partial charge in [-0.1, -0.05) is 15.9 Å². The zero-order valence-electron chi connectivity index (χ0n) is 11.1. The molecule has 0 aromatic heterocycles. The summed E-state index contributed by atoms with van der Waals surface area (Å²) in [5.74, 6) is -0.341. The van der Waals surface area contributed by atoms with Crippen molar-refractivity contribution in [1.29, 1.82) is 0 Å². The van der Waals surface area contributed by atoms with Crippen molar-refractivity contribution in [2.24, 2.45) is 0 Å². The summed E-state index contributed by atoms with van der Waals surface area (Å²) in [5, 5.41) is 4.71. The molecule has 112 valence electrons. The van der Waals surface area contributed by atoms with Gasteiger partial charge < -0.3 is 5.32 Å². The Kier molecular flexibility index (Phi) is 3.39. The maximum absolute atomic E-state index is 14.1. The monoisotopic (exact) mass is 359 g/mol. The molecule has 2 N–H and O–H groups in total. The van der Waals surface area contributed by atoms with E-state index in [1.165, 1.54) is 12.1 Å². The topological polar surface area (TPSA) is 27.3 Å². The van der Waals surface area contributed by atoms with E-state index in [0.717, 1.165) is 4.47 Å². The smallest absolute Gasteiger partial charge is 0.279 e. The van der Waals surface area contributed by atoms with Crippen LogP contribution in [-0.4, -0.2) is 18.0 Å². The molecule has 0 amide bonds. The highest BCUT2D eigenvalue weighted by molar-refractivity contribution is 9.10. The predicted molar refractivity (Wildman–Crippen MR) is 76.6 cm³/mol. The third-order valence-electron chi connectivity index (χ3n) is 3.65. The van der Waals surface area contributed by atoms with Crippen molar-refractivity contribution in [2.75, 3.05) is 6.54 Å². The average Bonchev–Trinajstić information content (AvgIpc) is 2.84. The summed E-state index contributed by atoms with van der Waals surface area (Å²) in [6.07, 6.45) is 0.436. The molecule has 0 radical (unpaired) electrons. The summed E-state index contributed by atoms with van der Waals surface area (Å²) in [6.45, 7) is 2.14. The Morgan fingerprint density at radius 3 is 2.86 bits per heavy atom. The average molecular weight is 360 g/mol. The Morgan fingerprint density at radius 2 is 2.14 bits per heavy atom. The van der Waals surface area contributed by atoms with Crippen molar-refractivity contribution in [3.63, 3.8) is 0 Å². The van der Waals surface area contributed by atoms with Crippen LogP contribution in [0.25, 0.3) is 0 Å². The highest BCUT2D eigenvalue weighted by atomic mass is 79.9. The van der Waals surface area contributed by atoms with E-state index in [1.54, 1.807) is 23.3 Å². The van der Waals surface area contributed by atoms with Crippen LogP contribution in [0.2, 0.25) is 0 Å². The van der Waals surface area contributed by atoms with Crippen LogP contribution in [0.4, 0.5) is 13.2 Å². The maximum Gasteiger partial charge on any atom is 0.279 e. The van der Waals surface area contributed by atoms with Crippen LogP contribution in [0.15, 0.2) is 46.3 Å². The lowest BCUT2D eigenvalue weighted by molar-refractivity contribution is 0.142. The Morgan fingerprint density at radius 1 is 1.38 bits per heavy atom. The van der Waals surface area contributed by atoms with E-state index in [4.69, 9.17) is 0 Å². The molecule has 2 aliphatic heterocycles. The van der Waals surface area contributed by atoms with Gasteiger partial charge in [0, 0.05) is 16.2 Å². The number of hydrazine groups is 1. The van der Waals surface area contributed by atoms with Gasteiger partial charge in [0.1, 0.15) is 5.82 Å². The first-order valence-corrected chi connectivity index (χ1v) is 7.16. The number of nitrogens with zero attached hydrogens (tertiary/aromatic N) is 1. The molecule has 0 saturated carbocycles. The first-order valence-electron chi connectivity index (χ1n) is 6.36. The predicted octanol–water partition coefficient (Wildman–Crippen LogP) is 3.22. The second kappa shape index (κ2) is 4.98. The standard InChI is InChI=1S/C14H13BrF3N3/c1-14(10-4-8(15)2-3-11(10)16)7-21-9(6-19-14)5-12(20-21)13(17)18/h2-6,13,19-20H,7H2,1H3/t14-/m0/s1. The van der Waals surface area contributed by atoms with E-state index in [1.807, 2.05) is 6.92 Å². The molecule has 21 heavy (non-hydrogen) atoms. The fourth-order valence-corrected chi connectivity index (χ4v) is 2.89. The van der Waals surface area contributed by atoms with Crippen LogP contribution in [0, 0.1) is 5.82 Å². The second-order valence-electron chi connectivity index (χ2n) is 5.27. The molecule has 2 heterocycles. The largest absolute Gasteiger partial charge is 0.378 e. The Balaban J connectivity index is 1.90. The van der Waals surface area contributed by atoms with Gasteiger partial charge in [-0.05, 0) is 31.2 Å². The summed E-state index contributed by atoms with van der Waals surface area (Å²) in [6, 6.07) is 4.70. The molecule has 0 unspecified atom stereocenters. The van der Waals surface area contributed by atoms with Gasteiger partial charge in [0.15, 0.2) is 0 Å². The van der Waals surface area contributed by atoms with Crippen LogP contribution < -0.4 is 10.7 Å². The highest BCUT2D eigenvalue weighted by Gasteiger charge is 2.37. The van der Waals surface area contributed by atoms with Crippen molar-refractivity contribution >= 4 is 15.9 Å². The lowest BCUT2D eigenvalue weighted by Crippen LogP contribution is -2.53. The van der Waals surface area contributed by atoms with Gasteiger partial charge in [-0.15, -0.1) is 0 Å². The third-order valence-corrected chi connectivity index (χ3v) is 4.14.